The molecule has 0 radical (unpaired) electrons. The minimum atomic E-state index is -0.639. The second-order valence-corrected chi connectivity index (χ2v) is 11.2. The predicted octanol–water partition coefficient (Wildman–Crippen LogP) is 10.7. The van der Waals surface area contributed by atoms with Gasteiger partial charge in [-0.3, -0.25) is 9.59 Å². The molecule has 0 unspecified atom stereocenters. The molecule has 0 saturated heterocycles. The van der Waals surface area contributed by atoms with E-state index in [0.717, 1.165) is 25.9 Å². The molecular formula is C30H62N2O2S2. The maximum atomic E-state index is 11.8. The lowest BCUT2D eigenvalue weighted by Crippen LogP contribution is -2.28. The van der Waals surface area contributed by atoms with Crippen LogP contribution >= 0.6 is 25.3 Å². The highest BCUT2D eigenvalue weighted by Gasteiger charge is 2.08. The van der Waals surface area contributed by atoms with Gasteiger partial charge in [0.15, 0.2) is 0 Å². The Morgan fingerprint density at radius 3 is 0.861 bits per heavy atom. The third-order valence-electron chi connectivity index (χ3n) is 6.83. The summed E-state index contributed by atoms with van der Waals surface area (Å²) in [6.07, 6.45) is 32.7. The number of amides is 2. The summed E-state index contributed by atoms with van der Waals surface area (Å²) in [6.45, 7) is 6.37. The minimum absolute atomic E-state index is 0.0313. The summed E-state index contributed by atoms with van der Waals surface area (Å²) < 4.78 is 0. The number of hydrogen-bond acceptors (Lipinski definition) is 2. The van der Waals surface area contributed by atoms with E-state index in [9.17, 15) is 4.79 Å². The fourth-order valence-electron chi connectivity index (χ4n) is 4.59. The van der Waals surface area contributed by atoms with Crippen LogP contribution in [0.3, 0.4) is 0 Å². The normalized spacial score (nSPS) is 10.7. The van der Waals surface area contributed by atoms with Crippen molar-refractivity contribution in [3.05, 3.63) is 0 Å². The van der Waals surface area contributed by atoms with Gasteiger partial charge in [0.05, 0.1) is 0 Å². The van der Waals surface area contributed by atoms with E-state index < -0.39 is 5.24 Å². The Hall–Kier alpha value is -0.360. The Labute approximate surface area is 236 Å². The molecule has 0 spiro atoms. The third-order valence-corrected chi connectivity index (χ3v) is 7.12. The fraction of sp³-hybridized carbons (Fsp3) is 0.933. The van der Waals surface area contributed by atoms with Crippen LogP contribution in [-0.2, 0) is 0 Å². The first kappa shape index (κ1) is 37.8. The molecule has 0 aliphatic carbocycles. The van der Waals surface area contributed by atoms with Crippen molar-refractivity contribution in [1.82, 2.24) is 4.90 Å². The molecule has 0 saturated carbocycles. The maximum absolute atomic E-state index is 11.8. The van der Waals surface area contributed by atoms with Gasteiger partial charge in [-0.2, -0.15) is 0 Å². The van der Waals surface area contributed by atoms with Gasteiger partial charge in [0, 0.05) is 13.1 Å². The lowest BCUT2D eigenvalue weighted by Gasteiger charge is -2.20. The first-order chi connectivity index (χ1) is 17.5. The van der Waals surface area contributed by atoms with Crippen LogP contribution in [0.2, 0.25) is 0 Å². The predicted molar refractivity (Wildman–Crippen MR) is 167 cm³/mol. The smallest absolute Gasteiger partial charge is 0.278 e. The number of hydrogen-bond donors (Lipinski definition) is 3. The molecule has 0 aliphatic heterocycles. The van der Waals surface area contributed by atoms with E-state index in [1.807, 2.05) is 4.90 Å². The van der Waals surface area contributed by atoms with Crippen molar-refractivity contribution in [3.63, 3.8) is 0 Å². The summed E-state index contributed by atoms with van der Waals surface area (Å²) >= 11 is 7.21. The van der Waals surface area contributed by atoms with Crippen molar-refractivity contribution in [2.45, 2.75) is 168 Å². The van der Waals surface area contributed by atoms with Crippen molar-refractivity contribution in [2.75, 3.05) is 13.1 Å². The molecule has 0 fully saturated rings. The van der Waals surface area contributed by atoms with E-state index in [1.165, 1.54) is 141 Å². The van der Waals surface area contributed by atoms with Gasteiger partial charge in [-0.25, -0.2) is 0 Å². The standard InChI is InChI=1S/C29H59NOS.CH3NOS/c1-3-5-7-9-11-13-15-17-19-21-23-25-27-30(29(31)32)28-26-24-22-20-18-16-14-12-10-8-6-4-2;2-1(3)4/h3-28H2,1-2H3,(H,31,32);(H3,2,3,4). The van der Waals surface area contributed by atoms with Crippen LogP contribution in [0.4, 0.5) is 9.59 Å². The summed E-state index contributed by atoms with van der Waals surface area (Å²) in [5.74, 6) is 0. The molecule has 0 bridgehead atoms. The van der Waals surface area contributed by atoms with Gasteiger partial charge >= 0.3 is 0 Å². The van der Waals surface area contributed by atoms with Crippen LogP contribution in [0.15, 0.2) is 0 Å². The monoisotopic (exact) mass is 546 g/mol. The lowest BCUT2D eigenvalue weighted by atomic mass is 10.0. The molecule has 2 N–H and O–H groups in total. The summed E-state index contributed by atoms with van der Waals surface area (Å²) in [4.78, 5) is 22.9. The zero-order chi connectivity index (χ0) is 27.1. The molecule has 6 heteroatoms. The number of unbranched alkanes of at least 4 members (excludes halogenated alkanes) is 22. The largest absolute Gasteiger partial charge is 0.361 e. The van der Waals surface area contributed by atoms with Crippen LogP contribution in [0.5, 0.6) is 0 Å². The Morgan fingerprint density at radius 2 is 0.667 bits per heavy atom. The number of nitrogens with two attached hydrogens (primary N) is 1. The second-order valence-electron chi connectivity index (χ2n) is 10.4. The zero-order valence-electron chi connectivity index (χ0n) is 24.1. The molecule has 4 nitrogen and oxygen atoms in total. The van der Waals surface area contributed by atoms with Gasteiger partial charge in [0.25, 0.3) is 10.5 Å². The minimum Gasteiger partial charge on any atom is -0.361 e. The molecule has 0 rings (SSSR count). The highest BCUT2D eigenvalue weighted by Crippen LogP contribution is 2.14. The van der Waals surface area contributed by atoms with Crippen LogP contribution in [0, 0.1) is 0 Å². The van der Waals surface area contributed by atoms with Gasteiger partial charge in [0.1, 0.15) is 0 Å². The number of carbonyl (C=O) groups is 2. The van der Waals surface area contributed by atoms with Gasteiger partial charge in [0.2, 0.25) is 0 Å². The van der Waals surface area contributed by atoms with E-state index >= 15 is 0 Å². The summed E-state index contributed by atoms with van der Waals surface area (Å²) in [7, 11) is 0. The van der Waals surface area contributed by atoms with E-state index in [1.54, 1.807) is 0 Å². The van der Waals surface area contributed by atoms with Crippen LogP contribution < -0.4 is 5.73 Å². The maximum Gasteiger partial charge on any atom is 0.278 e. The number of carbonyl (C=O) groups excluding carboxylic acids is 2. The van der Waals surface area contributed by atoms with Crippen molar-refractivity contribution in [2.24, 2.45) is 5.73 Å². The van der Waals surface area contributed by atoms with Crippen LogP contribution in [-0.4, -0.2) is 28.5 Å². The number of primary amides is 1. The van der Waals surface area contributed by atoms with E-state index in [4.69, 9.17) is 4.79 Å². The Morgan fingerprint density at radius 1 is 0.472 bits per heavy atom. The SMILES string of the molecule is CCCCCCCCCCCCCCN(CCCCCCCCCCCCCC)C(=O)S.NC(=O)S. The summed E-state index contributed by atoms with van der Waals surface area (Å²) in [5, 5.41) is -0.670. The average Bonchev–Trinajstić information content (AvgIpc) is 2.83. The van der Waals surface area contributed by atoms with E-state index in [2.05, 4.69) is 44.8 Å². The zero-order valence-corrected chi connectivity index (χ0v) is 25.9. The second kappa shape index (κ2) is 32.7. The fourth-order valence-corrected chi connectivity index (χ4v) is 4.79. The van der Waals surface area contributed by atoms with Crippen molar-refractivity contribution < 1.29 is 9.59 Å². The molecule has 216 valence electrons. The van der Waals surface area contributed by atoms with Gasteiger partial charge in [-0.05, 0) is 12.8 Å². The molecule has 0 heterocycles. The highest BCUT2D eigenvalue weighted by molar-refractivity contribution is 7.96. The number of rotatable bonds is 26. The highest BCUT2D eigenvalue weighted by atomic mass is 32.1. The Balaban J connectivity index is 0. The van der Waals surface area contributed by atoms with Crippen LogP contribution in [0.1, 0.15) is 168 Å². The summed E-state index contributed by atoms with van der Waals surface area (Å²) in [6, 6.07) is 0. The average molecular weight is 547 g/mol. The van der Waals surface area contributed by atoms with Crippen molar-refractivity contribution in [1.29, 1.82) is 0 Å². The molecule has 0 aromatic heterocycles. The quantitative estimate of drug-likeness (QED) is 0.0746. The molecular weight excluding hydrogens is 484 g/mol. The topological polar surface area (TPSA) is 63.4 Å². The molecule has 0 aromatic carbocycles. The van der Waals surface area contributed by atoms with E-state index in [0.29, 0.717) is 0 Å². The van der Waals surface area contributed by atoms with Gasteiger partial charge in [-0.15, -0.1) is 0 Å². The van der Waals surface area contributed by atoms with Gasteiger partial charge in [-0.1, -0.05) is 180 Å². The van der Waals surface area contributed by atoms with Gasteiger partial charge < -0.3 is 10.6 Å². The lowest BCUT2D eigenvalue weighted by molar-refractivity contribution is 0.220. The molecule has 36 heavy (non-hydrogen) atoms. The number of thiol groups is 2. The number of nitrogens with zero attached hydrogens (tertiary/aromatic N) is 1. The molecule has 0 aliphatic rings. The Kier molecular flexibility index (Phi) is 34.3. The first-order valence-electron chi connectivity index (χ1n) is 15.4. The van der Waals surface area contributed by atoms with Crippen LogP contribution in [0.25, 0.3) is 0 Å². The summed E-state index contributed by atoms with van der Waals surface area (Å²) in [5.41, 5.74) is 4.34. The van der Waals surface area contributed by atoms with E-state index in [-0.39, 0.29) is 5.24 Å². The molecule has 0 atom stereocenters. The first-order valence-corrected chi connectivity index (χ1v) is 16.3. The molecule has 0 aromatic rings. The Bertz CT molecular complexity index is 432. The van der Waals surface area contributed by atoms with Crippen molar-refractivity contribution in [3.8, 4) is 0 Å². The third kappa shape index (κ3) is 35.8. The van der Waals surface area contributed by atoms with Crippen molar-refractivity contribution >= 4 is 35.7 Å². The molecule has 2 amide bonds.